The summed E-state index contributed by atoms with van der Waals surface area (Å²) in [6.07, 6.45) is 0. The monoisotopic (exact) mass is 610 g/mol. The molecule has 2 aromatic heterocycles. The highest BCUT2D eigenvalue weighted by atomic mass is 15.0. The molecule has 0 unspecified atom stereocenters. The summed E-state index contributed by atoms with van der Waals surface area (Å²) in [6.45, 7) is 0. The summed E-state index contributed by atoms with van der Waals surface area (Å²) in [6, 6.07) is 58.8. The van der Waals surface area contributed by atoms with Gasteiger partial charge in [0.05, 0.1) is 45.0 Å². The Morgan fingerprint density at radius 2 is 0.958 bits per heavy atom. The number of hydrogen-bond donors (Lipinski definition) is 0. The summed E-state index contributed by atoms with van der Waals surface area (Å²) in [5.41, 5.74) is 11.1. The van der Waals surface area contributed by atoms with E-state index >= 15 is 0 Å². The van der Waals surface area contributed by atoms with Gasteiger partial charge in [-0.15, -0.1) is 0 Å². The van der Waals surface area contributed by atoms with Gasteiger partial charge in [-0.25, -0.2) is 0 Å². The highest BCUT2D eigenvalue weighted by Crippen LogP contribution is 2.40. The number of benzene rings is 7. The molecule has 9 aromatic rings. The summed E-state index contributed by atoms with van der Waals surface area (Å²) >= 11 is 0. The molecular formula is C44H26N4. The average molecular weight is 611 g/mol. The Morgan fingerprint density at radius 3 is 1.65 bits per heavy atom. The average Bonchev–Trinajstić information content (AvgIpc) is 3.67. The normalized spacial score (nSPS) is 11.3. The second-order valence-corrected chi connectivity index (χ2v) is 12.0. The van der Waals surface area contributed by atoms with Crippen molar-refractivity contribution in [3.05, 3.63) is 169 Å². The van der Waals surface area contributed by atoms with Crippen LogP contribution < -0.4 is 0 Å². The number of nitriles is 2. The predicted molar refractivity (Wildman–Crippen MR) is 195 cm³/mol. The zero-order chi connectivity index (χ0) is 32.2. The third-order valence-electron chi connectivity index (χ3n) is 9.41. The number of hydrogen-bond acceptors (Lipinski definition) is 2. The van der Waals surface area contributed by atoms with Crippen molar-refractivity contribution in [3.63, 3.8) is 0 Å². The molecule has 0 aliphatic heterocycles. The maximum absolute atomic E-state index is 10.8. The lowest BCUT2D eigenvalue weighted by molar-refractivity contribution is 1.18. The van der Waals surface area contributed by atoms with Crippen LogP contribution >= 0.6 is 0 Å². The first kappa shape index (κ1) is 27.4. The first-order valence-corrected chi connectivity index (χ1v) is 15.9. The lowest BCUT2D eigenvalue weighted by atomic mass is 9.91. The van der Waals surface area contributed by atoms with E-state index in [4.69, 9.17) is 0 Å². The van der Waals surface area contributed by atoms with Crippen LogP contribution in [0, 0.1) is 22.7 Å². The van der Waals surface area contributed by atoms with E-state index in [-0.39, 0.29) is 0 Å². The van der Waals surface area contributed by atoms with E-state index in [0.29, 0.717) is 11.1 Å². The molecular weight excluding hydrogens is 585 g/mol. The fraction of sp³-hybridized carbons (Fsp3) is 0. The molecule has 0 fully saturated rings. The highest BCUT2D eigenvalue weighted by molar-refractivity contribution is 6.11. The zero-order valence-electron chi connectivity index (χ0n) is 25.8. The van der Waals surface area contributed by atoms with Crippen molar-refractivity contribution < 1.29 is 0 Å². The molecule has 222 valence electrons. The van der Waals surface area contributed by atoms with Crippen LogP contribution in [0.4, 0.5) is 0 Å². The van der Waals surface area contributed by atoms with E-state index in [1.54, 1.807) is 0 Å². The molecule has 9 rings (SSSR count). The molecule has 0 spiro atoms. The third kappa shape index (κ3) is 4.07. The topological polar surface area (TPSA) is 57.4 Å². The number of nitrogens with zero attached hydrogens (tertiary/aromatic N) is 4. The van der Waals surface area contributed by atoms with Crippen molar-refractivity contribution in [1.29, 1.82) is 10.5 Å². The zero-order valence-corrected chi connectivity index (χ0v) is 25.8. The molecule has 0 saturated carbocycles. The van der Waals surface area contributed by atoms with Crippen LogP contribution in [0.25, 0.3) is 77.2 Å². The second kappa shape index (κ2) is 10.9. The largest absolute Gasteiger partial charge is 0.309 e. The molecule has 4 nitrogen and oxygen atoms in total. The van der Waals surface area contributed by atoms with E-state index in [1.807, 2.05) is 60.7 Å². The summed E-state index contributed by atoms with van der Waals surface area (Å²) in [7, 11) is 0. The lowest BCUT2D eigenvalue weighted by Gasteiger charge is -2.17. The first-order chi connectivity index (χ1) is 23.7. The molecule has 48 heavy (non-hydrogen) atoms. The van der Waals surface area contributed by atoms with Crippen molar-refractivity contribution in [2.45, 2.75) is 0 Å². The molecule has 0 bridgehead atoms. The van der Waals surface area contributed by atoms with Gasteiger partial charge in [0.25, 0.3) is 0 Å². The van der Waals surface area contributed by atoms with Crippen LogP contribution in [-0.4, -0.2) is 9.13 Å². The number of fused-ring (bicyclic) bond motifs is 6. The van der Waals surface area contributed by atoms with Crippen molar-refractivity contribution in [1.82, 2.24) is 9.13 Å². The van der Waals surface area contributed by atoms with Crippen LogP contribution in [0.3, 0.4) is 0 Å². The molecule has 2 heterocycles. The second-order valence-electron chi connectivity index (χ2n) is 12.0. The van der Waals surface area contributed by atoms with Gasteiger partial charge in [-0.1, -0.05) is 109 Å². The van der Waals surface area contributed by atoms with Gasteiger partial charge < -0.3 is 9.13 Å². The minimum atomic E-state index is 0.604. The Balaban J connectivity index is 1.25. The van der Waals surface area contributed by atoms with Gasteiger partial charge in [-0.2, -0.15) is 10.5 Å². The lowest BCUT2D eigenvalue weighted by Crippen LogP contribution is -1.99. The quantitative estimate of drug-likeness (QED) is 0.199. The molecule has 0 aliphatic carbocycles. The molecule has 0 N–H and O–H groups in total. The van der Waals surface area contributed by atoms with Crippen LogP contribution in [0.1, 0.15) is 11.1 Å². The number of rotatable bonds is 4. The van der Waals surface area contributed by atoms with E-state index < -0.39 is 0 Å². The smallest absolute Gasteiger partial charge is 0.100 e. The Labute approximate surface area is 277 Å². The van der Waals surface area contributed by atoms with Crippen molar-refractivity contribution in [3.8, 4) is 45.8 Å². The Bertz CT molecular complexity index is 2760. The fourth-order valence-electron chi connectivity index (χ4n) is 7.35. The van der Waals surface area contributed by atoms with Gasteiger partial charge in [-0.3, -0.25) is 0 Å². The summed E-state index contributed by atoms with van der Waals surface area (Å²) < 4.78 is 4.52. The van der Waals surface area contributed by atoms with E-state index in [1.165, 1.54) is 10.8 Å². The van der Waals surface area contributed by atoms with Gasteiger partial charge in [-0.05, 0) is 54.1 Å². The maximum atomic E-state index is 10.8. The van der Waals surface area contributed by atoms with Crippen LogP contribution in [0.5, 0.6) is 0 Å². The van der Waals surface area contributed by atoms with Gasteiger partial charge >= 0.3 is 0 Å². The fourth-order valence-corrected chi connectivity index (χ4v) is 7.35. The number of para-hydroxylation sites is 4. The van der Waals surface area contributed by atoms with Gasteiger partial charge in [0.1, 0.15) is 6.07 Å². The minimum Gasteiger partial charge on any atom is -0.309 e. The molecule has 0 aliphatic rings. The Kier molecular flexibility index (Phi) is 6.22. The van der Waals surface area contributed by atoms with Crippen LogP contribution in [0.2, 0.25) is 0 Å². The van der Waals surface area contributed by atoms with Crippen LogP contribution in [0.15, 0.2) is 158 Å². The molecule has 0 radical (unpaired) electrons. The molecule has 4 heteroatoms. The summed E-state index contributed by atoms with van der Waals surface area (Å²) in [5, 5.41) is 25.2. The van der Waals surface area contributed by atoms with E-state index in [2.05, 4.69) is 118 Å². The van der Waals surface area contributed by atoms with Crippen molar-refractivity contribution >= 4 is 43.6 Å². The first-order valence-electron chi connectivity index (χ1n) is 15.9. The SMILES string of the molecule is N#Cc1ccc2c3ccccc3n(-c3ccccc3-c3cccc(-c4cccc(-n5c6ccccc6c6ccccc65)c4)c3C#N)c2c1. The predicted octanol–water partition coefficient (Wildman–Crippen LogP) is 11.0. The van der Waals surface area contributed by atoms with Crippen molar-refractivity contribution in [2.24, 2.45) is 0 Å². The standard InChI is InChI=1S/C44H26N4/c45-27-29-23-24-38-37-16-4-8-22-43(37)48(44(38)25-29)42-21-7-1-13-34(42)33-18-10-17-32(39(33)28-46)30-11-9-12-31(26-30)47-40-19-5-2-14-35(40)36-15-3-6-20-41(36)47/h1-26H. The number of aromatic nitrogens is 2. The van der Waals surface area contributed by atoms with E-state index in [0.717, 1.165) is 66.5 Å². The molecule has 0 atom stereocenters. The summed E-state index contributed by atoms with van der Waals surface area (Å²) in [4.78, 5) is 0. The van der Waals surface area contributed by atoms with Crippen molar-refractivity contribution in [2.75, 3.05) is 0 Å². The maximum Gasteiger partial charge on any atom is 0.100 e. The Morgan fingerprint density at radius 1 is 0.396 bits per heavy atom. The molecule has 7 aromatic carbocycles. The molecule has 0 saturated heterocycles. The van der Waals surface area contributed by atoms with Gasteiger partial charge in [0.2, 0.25) is 0 Å². The van der Waals surface area contributed by atoms with Crippen LogP contribution in [-0.2, 0) is 0 Å². The van der Waals surface area contributed by atoms with E-state index in [9.17, 15) is 10.5 Å². The minimum absolute atomic E-state index is 0.604. The molecule has 0 amide bonds. The van der Waals surface area contributed by atoms with Gasteiger partial charge in [0, 0.05) is 43.9 Å². The van der Waals surface area contributed by atoms with Gasteiger partial charge in [0.15, 0.2) is 0 Å². The highest BCUT2D eigenvalue weighted by Gasteiger charge is 2.20. The third-order valence-corrected chi connectivity index (χ3v) is 9.41. The Hall–Kier alpha value is -6.88. The summed E-state index contributed by atoms with van der Waals surface area (Å²) in [5.74, 6) is 0.